The molecule has 0 aliphatic carbocycles. The number of hydrogen-bond acceptors (Lipinski definition) is 4. The van der Waals surface area contributed by atoms with Crippen LogP contribution in [0, 0.1) is 19.7 Å². The van der Waals surface area contributed by atoms with Crippen LogP contribution in [0.15, 0.2) is 53.5 Å². The van der Waals surface area contributed by atoms with Gasteiger partial charge in [0, 0.05) is 31.6 Å². The van der Waals surface area contributed by atoms with Gasteiger partial charge in [-0.3, -0.25) is 4.79 Å². The summed E-state index contributed by atoms with van der Waals surface area (Å²) in [5.41, 5.74) is 6.23. The van der Waals surface area contributed by atoms with Gasteiger partial charge in [0.1, 0.15) is 17.2 Å². The number of anilines is 1. The van der Waals surface area contributed by atoms with E-state index in [1.165, 1.54) is 18.0 Å². The van der Waals surface area contributed by atoms with E-state index in [1.54, 1.807) is 23.7 Å². The first kappa shape index (κ1) is 20.2. The second-order valence-electron chi connectivity index (χ2n) is 7.40. The lowest BCUT2D eigenvalue weighted by Gasteiger charge is -2.12. The van der Waals surface area contributed by atoms with E-state index in [1.807, 2.05) is 38.4 Å². The lowest BCUT2D eigenvalue weighted by atomic mass is 10.0. The van der Waals surface area contributed by atoms with Gasteiger partial charge >= 0.3 is 0 Å². The van der Waals surface area contributed by atoms with E-state index in [4.69, 9.17) is 4.98 Å². The molecule has 0 unspecified atom stereocenters. The minimum Gasteiger partial charge on any atom is -0.328 e. The Morgan fingerprint density at radius 3 is 2.63 bits per heavy atom. The molecule has 0 spiro atoms. The number of halogens is 1. The number of fused-ring (bicyclic) bond motifs is 1. The van der Waals surface area contributed by atoms with Crippen molar-refractivity contribution in [3.63, 3.8) is 0 Å². The van der Waals surface area contributed by atoms with Crippen LogP contribution >= 0.6 is 11.9 Å². The Labute approximate surface area is 178 Å². The van der Waals surface area contributed by atoms with Crippen molar-refractivity contribution >= 4 is 28.7 Å². The van der Waals surface area contributed by atoms with E-state index in [0.717, 1.165) is 39.2 Å². The summed E-state index contributed by atoms with van der Waals surface area (Å²) in [6.07, 6.45) is 3.81. The van der Waals surface area contributed by atoms with Crippen molar-refractivity contribution in [2.75, 3.05) is 11.0 Å². The highest BCUT2D eigenvalue weighted by Gasteiger charge is 2.15. The van der Waals surface area contributed by atoms with E-state index < -0.39 is 0 Å². The van der Waals surface area contributed by atoms with Gasteiger partial charge in [0.25, 0.3) is 5.56 Å². The second kappa shape index (κ2) is 7.99. The van der Waals surface area contributed by atoms with Crippen LogP contribution in [0.25, 0.3) is 22.2 Å². The Balaban J connectivity index is 1.92. The number of benzene rings is 2. The molecule has 0 radical (unpaired) electrons. The average Bonchev–Trinajstić information content (AvgIpc) is 3.02. The first-order chi connectivity index (χ1) is 14.4. The molecule has 2 aromatic carbocycles. The molecule has 154 valence electrons. The molecule has 5 nitrogen and oxygen atoms in total. The Morgan fingerprint density at radius 1 is 1.13 bits per heavy atom. The van der Waals surface area contributed by atoms with Gasteiger partial charge < -0.3 is 13.9 Å². The summed E-state index contributed by atoms with van der Waals surface area (Å²) < 4.78 is 20.7. The van der Waals surface area contributed by atoms with Crippen molar-refractivity contribution < 1.29 is 4.39 Å². The highest BCUT2D eigenvalue weighted by Crippen LogP contribution is 2.33. The molecule has 4 aromatic rings. The average molecular weight is 423 g/mol. The van der Waals surface area contributed by atoms with E-state index >= 15 is 0 Å². The van der Waals surface area contributed by atoms with Gasteiger partial charge in [0.05, 0.1) is 11.2 Å². The minimum atomic E-state index is -0.249. The van der Waals surface area contributed by atoms with Gasteiger partial charge in [-0.2, -0.15) is 0 Å². The molecule has 0 aliphatic rings. The fourth-order valence-corrected chi connectivity index (χ4v) is 4.12. The van der Waals surface area contributed by atoms with Crippen molar-refractivity contribution in [3.8, 4) is 11.1 Å². The number of aryl methyl sites for hydroxylation is 3. The van der Waals surface area contributed by atoms with Gasteiger partial charge in [-0.25, -0.2) is 9.37 Å². The van der Waals surface area contributed by atoms with Crippen molar-refractivity contribution in [2.45, 2.75) is 20.4 Å². The molecule has 0 aliphatic heterocycles. The molecule has 0 amide bonds. The Hall–Kier alpha value is -3.06. The standard InChI is InChI=1S/C23H23FN4OS/c1-14-8-18(13-27(3)23(14)29)17-10-20(26-30-4)22-21(11-17)28(15(2)25-22)12-16-6-5-7-19(24)9-16/h5-11,13,26H,12H2,1-4H3. The molecule has 0 fully saturated rings. The molecule has 0 saturated carbocycles. The van der Waals surface area contributed by atoms with Crippen LogP contribution in [0.1, 0.15) is 17.0 Å². The SMILES string of the molecule is CSNc1cc(-c2cc(C)c(=O)n(C)c2)cc2c1nc(C)n2Cc1cccc(F)c1. The van der Waals surface area contributed by atoms with Gasteiger partial charge in [-0.15, -0.1) is 0 Å². The summed E-state index contributed by atoms with van der Waals surface area (Å²) in [5.74, 6) is 0.605. The Bertz CT molecular complexity index is 1280. The quantitative estimate of drug-likeness (QED) is 0.465. The number of nitrogens with zero attached hydrogens (tertiary/aromatic N) is 3. The predicted molar refractivity (Wildman–Crippen MR) is 123 cm³/mol. The highest BCUT2D eigenvalue weighted by molar-refractivity contribution is 7.99. The number of hydrogen-bond donors (Lipinski definition) is 1. The van der Waals surface area contributed by atoms with E-state index in [2.05, 4.69) is 21.4 Å². The molecule has 0 saturated heterocycles. The fourth-order valence-electron chi connectivity index (χ4n) is 3.75. The van der Waals surface area contributed by atoms with Crippen LogP contribution in [-0.4, -0.2) is 20.4 Å². The Kier molecular flexibility index (Phi) is 5.39. The third kappa shape index (κ3) is 3.73. The molecular weight excluding hydrogens is 399 g/mol. The maximum absolute atomic E-state index is 13.7. The van der Waals surface area contributed by atoms with Crippen LogP contribution in [0.5, 0.6) is 0 Å². The lowest BCUT2D eigenvalue weighted by molar-refractivity contribution is 0.623. The topological polar surface area (TPSA) is 51.9 Å². The second-order valence-corrected chi connectivity index (χ2v) is 8.01. The van der Waals surface area contributed by atoms with Crippen LogP contribution in [-0.2, 0) is 13.6 Å². The van der Waals surface area contributed by atoms with Gasteiger partial charge in [0.15, 0.2) is 0 Å². The van der Waals surface area contributed by atoms with Crippen molar-refractivity contribution in [3.05, 3.63) is 81.8 Å². The van der Waals surface area contributed by atoms with E-state index in [9.17, 15) is 9.18 Å². The molecule has 30 heavy (non-hydrogen) atoms. The molecule has 7 heteroatoms. The van der Waals surface area contributed by atoms with Gasteiger partial charge in [-0.05, 0) is 60.9 Å². The Morgan fingerprint density at radius 2 is 1.93 bits per heavy atom. The number of rotatable bonds is 5. The fraction of sp³-hybridized carbons (Fsp3) is 0.217. The summed E-state index contributed by atoms with van der Waals surface area (Å²) >= 11 is 1.50. The first-order valence-electron chi connectivity index (χ1n) is 9.59. The first-order valence-corrected chi connectivity index (χ1v) is 10.8. The maximum Gasteiger partial charge on any atom is 0.253 e. The third-order valence-corrected chi connectivity index (χ3v) is 5.61. The third-order valence-electron chi connectivity index (χ3n) is 5.18. The molecule has 2 heterocycles. The predicted octanol–water partition coefficient (Wildman–Crippen LogP) is 4.90. The van der Waals surface area contributed by atoms with Gasteiger partial charge in [-0.1, -0.05) is 24.1 Å². The smallest absolute Gasteiger partial charge is 0.253 e. The summed E-state index contributed by atoms with van der Waals surface area (Å²) in [7, 11) is 1.76. The normalized spacial score (nSPS) is 11.2. The summed E-state index contributed by atoms with van der Waals surface area (Å²) in [5, 5.41) is 0. The van der Waals surface area contributed by atoms with Gasteiger partial charge in [0.2, 0.25) is 0 Å². The zero-order chi connectivity index (χ0) is 21.4. The van der Waals surface area contributed by atoms with Crippen molar-refractivity contribution in [2.24, 2.45) is 7.05 Å². The number of imidazole rings is 1. The maximum atomic E-state index is 13.7. The number of pyridine rings is 1. The molecule has 1 N–H and O–H groups in total. The largest absolute Gasteiger partial charge is 0.328 e. The van der Waals surface area contributed by atoms with E-state index in [0.29, 0.717) is 12.1 Å². The van der Waals surface area contributed by atoms with Crippen molar-refractivity contribution in [1.82, 2.24) is 14.1 Å². The monoisotopic (exact) mass is 422 g/mol. The zero-order valence-electron chi connectivity index (χ0n) is 17.4. The zero-order valence-corrected chi connectivity index (χ0v) is 18.2. The number of nitrogens with one attached hydrogen (secondary N) is 1. The van der Waals surface area contributed by atoms with Crippen molar-refractivity contribution in [1.29, 1.82) is 0 Å². The molecule has 2 aromatic heterocycles. The van der Waals surface area contributed by atoms with E-state index in [-0.39, 0.29) is 11.4 Å². The number of aromatic nitrogens is 3. The van der Waals surface area contributed by atoms with Crippen LogP contribution < -0.4 is 10.3 Å². The lowest BCUT2D eigenvalue weighted by Crippen LogP contribution is -2.18. The molecule has 4 rings (SSSR count). The highest BCUT2D eigenvalue weighted by atomic mass is 32.2. The molecule has 0 atom stereocenters. The van der Waals surface area contributed by atoms with Crippen LogP contribution in [0.3, 0.4) is 0 Å². The minimum absolute atomic E-state index is 0.00530. The molecule has 0 bridgehead atoms. The summed E-state index contributed by atoms with van der Waals surface area (Å²) in [6.45, 7) is 4.30. The summed E-state index contributed by atoms with van der Waals surface area (Å²) in [4.78, 5) is 16.9. The summed E-state index contributed by atoms with van der Waals surface area (Å²) in [6, 6.07) is 12.7. The molecular formula is C23H23FN4OS. The van der Waals surface area contributed by atoms with Crippen LogP contribution in [0.2, 0.25) is 0 Å². The van der Waals surface area contributed by atoms with Crippen LogP contribution in [0.4, 0.5) is 10.1 Å².